The highest BCUT2D eigenvalue weighted by molar-refractivity contribution is 5.81. The Kier molecular flexibility index (Phi) is 5.27. The highest BCUT2D eigenvalue weighted by Gasteiger charge is 2.22. The third-order valence-corrected chi connectivity index (χ3v) is 4.00. The lowest BCUT2D eigenvalue weighted by Gasteiger charge is -2.29. The molecule has 0 heterocycles. The predicted molar refractivity (Wildman–Crippen MR) is 81.0 cm³/mol. The maximum Gasteiger partial charge on any atom is 0.239 e. The SMILES string of the molecule is COc1ccccc1NCC(=O)N[C@H]1CCCC[C@@H]1C. The van der Waals surface area contributed by atoms with Crippen molar-refractivity contribution in [3.05, 3.63) is 24.3 Å². The number of anilines is 1. The fourth-order valence-corrected chi connectivity index (χ4v) is 2.75. The molecule has 2 N–H and O–H groups in total. The van der Waals surface area contributed by atoms with Gasteiger partial charge in [0.2, 0.25) is 5.91 Å². The minimum atomic E-state index is 0.0506. The number of carbonyl (C=O) groups is 1. The number of amides is 1. The normalized spacial score (nSPS) is 22.1. The van der Waals surface area contributed by atoms with Gasteiger partial charge in [-0.15, -0.1) is 0 Å². The molecular formula is C16H24N2O2. The van der Waals surface area contributed by atoms with Crippen molar-refractivity contribution in [3.8, 4) is 5.75 Å². The minimum Gasteiger partial charge on any atom is -0.495 e. The summed E-state index contributed by atoms with van der Waals surface area (Å²) < 4.78 is 5.25. The van der Waals surface area contributed by atoms with Crippen molar-refractivity contribution in [2.24, 2.45) is 5.92 Å². The second-order valence-corrected chi connectivity index (χ2v) is 5.49. The van der Waals surface area contributed by atoms with E-state index in [9.17, 15) is 4.79 Å². The minimum absolute atomic E-state index is 0.0506. The van der Waals surface area contributed by atoms with Crippen LogP contribution in [-0.2, 0) is 4.79 Å². The quantitative estimate of drug-likeness (QED) is 0.869. The van der Waals surface area contributed by atoms with Crippen molar-refractivity contribution in [1.29, 1.82) is 0 Å². The van der Waals surface area contributed by atoms with Crippen molar-refractivity contribution in [2.75, 3.05) is 19.0 Å². The Labute approximate surface area is 120 Å². The summed E-state index contributed by atoms with van der Waals surface area (Å²) in [6.45, 7) is 2.50. The van der Waals surface area contributed by atoms with Crippen LogP contribution in [0.4, 0.5) is 5.69 Å². The summed E-state index contributed by atoms with van der Waals surface area (Å²) in [6.07, 6.45) is 4.81. The lowest BCUT2D eigenvalue weighted by Crippen LogP contribution is -2.43. The molecule has 2 atom stereocenters. The van der Waals surface area contributed by atoms with Gasteiger partial charge in [-0.25, -0.2) is 0 Å². The molecule has 20 heavy (non-hydrogen) atoms. The standard InChI is InChI=1S/C16H24N2O2/c1-12-7-3-4-8-13(12)18-16(19)11-17-14-9-5-6-10-15(14)20-2/h5-6,9-10,12-13,17H,3-4,7-8,11H2,1-2H3,(H,18,19)/t12-,13-/m0/s1. The van der Waals surface area contributed by atoms with Crippen molar-refractivity contribution in [3.63, 3.8) is 0 Å². The Morgan fingerprint density at radius 2 is 2.05 bits per heavy atom. The van der Waals surface area contributed by atoms with Crippen LogP contribution < -0.4 is 15.4 Å². The maximum atomic E-state index is 12.0. The maximum absolute atomic E-state index is 12.0. The summed E-state index contributed by atoms with van der Waals surface area (Å²) in [5, 5.41) is 6.27. The molecule has 1 saturated carbocycles. The second kappa shape index (κ2) is 7.17. The molecule has 4 heteroatoms. The van der Waals surface area contributed by atoms with E-state index in [4.69, 9.17) is 4.74 Å². The van der Waals surface area contributed by atoms with Crippen LogP contribution in [0.1, 0.15) is 32.6 Å². The topological polar surface area (TPSA) is 50.4 Å². The zero-order chi connectivity index (χ0) is 14.4. The molecule has 1 aliphatic carbocycles. The number of hydrogen-bond acceptors (Lipinski definition) is 3. The molecule has 1 amide bonds. The first kappa shape index (κ1) is 14.7. The van der Waals surface area contributed by atoms with Gasteiger partial charge in [0.15, 0.2) is 0 Å². The van der Waals surface area contributed by atoms with Gasteiger partial charge in [-0.05, 0) is 30.9 Å². The molecule has 1 aromatic carbocycles. The predicted octanol–water partition coefficient (Wildman–Crippen LogP) is 2.80. The van der Waals surface area contributed by atoms with Gasteiger partial charge in [-0.2, -0.15) is 0 Å². The number of para-hydroxylation sites is 2. The number of nitrogens with one attached hydrogen (secondary N) is 2. The zero-order valence-electron chi connectivity index (χ0n) is 12.3. The van der Waals surface area contributed by atoms with Gasteiger partial charge in [-0.1, -0.05) is 31.9 Å². The molecular weight excluding hydrogens is 252 g/mol. The summed E-state index contributed by atoms with van der Waals surface area (Å²) in [5.41, 5.74) is 0.849. The van der Waals surface area contributed by atoms with Gasteiger partial charge < -0.3 is 15.4 Å². The second-order valence-electron chi connectivity index (χ2n) is 5.49. The molecule has 0 aromatic heterocycles. The number of benzene rings is 1. The molecule has 1 aromatic rings. The molecule has 0 bridgehead atoms. The van der Waals surface area contributed by atoms with E-state index in [1.165, 1.54) is 19.3 Å². The van der Waals surface area contributed by atoms with Crippen molar-refractivity contribution < 1.29 is 9.53 Å². The Balaban J connectivity index is 1.82. The Morgan fingerprint density at radius 3 is 2.80 bits per heavy atom. The van der Waals surface area contributed by atoms with Crippen molar-refractivity contribution in [1.82, 2.24) is 5.32 Å². The smallest absolute Gasteiger partial charge is 0.239 e. The largest absolute Gasteiger partial charge is 0.495 e. The summed E-state index contributed by atoms with van der Waals surface area (Å²) in [7, 11) is 1.63. The van der Waals surface area contributed by atoms with Gasteiger partial charge >= 0.3 is 0 Å². The van der Waals surface area contributed by atoms with Crippen LogP contribution in [0, 0.1) is 5.92 Å². The third-order valence-electron chi connectivity index (χ3n) is 4.00. The summed E-state index contributed by atoms with van der Waals surface area (Å²) in [6, 6.07) is 7.95. The molecule has 0 saturated heterocycles. The van der Waals surface area contributed by atoms with Crippen LogP contribution in [-0.4, -0.2) is 25.6 Å². The molecule has 110 valence electrons. The summed E-state index contributed by atoms with van der Waals surface area (Å²) >= 11 is 0. The lowest BCUT2D eigenvalue weighted by molar-refractivity contribution is -0.120. The average molecular weight is 276 g/mol. The Morgan fingerprint density at radius 1 is 1.30 bits per heavy atom. The van der Waals surface area contributed by atoms with E-state index >= 15 is 0 Å². The highest BCUT2D eigenvalue weighted by atomic mass is 16.5. The van der Waals surface area contributed by atoms with E-state index in [1.54, 1.807) is 7.11 Å². The number of carbonyl (C=O) groups excluding carboxylic acids is 1. The van der Waals surface area contributed by atoms with Crippen LogP contribution in [0.3, 0.4) is 0 Å². The Bertz CT molecular complexity index is 448. The van der Waals surface area contributed by atoms with Crippen LogP contribution in [0.25, 0.3) is 0 Å². The first-order chi connectivity index (χ1) is 9.70. The molecule has 2 rings (SSSR count). The fraction of sp³-hybridized carbons (Fsp3) is 0.562. The molecule has 0 unspecified atom stereocenters. The molecule has 1 aliphatic rings. The lowest BCUT2D eigenvalue weighted by atomic mass is 9.86. The van der Waals surface area contributed by atoms with Crippen LogP contribution in [0.2, 0.25) is 0 Å². The van der Waals surface area contributed by atoms with E-state index in [2.05, 4.69) is 17.6 Å². The summed E-state index contributed by atoms with van der Waals surface area (Å²) in [4.78, 5) is 12.0. The first-order valence-corrected chi connectivity index (χ1v) is 7.37. The molecule has 0 radical (unpaired) electrons. The first-order valence-electron chi connectivity index (χ1n) is 7.37. The van der Waals surface area contributed by atoms with Gasteiger partial charge in [-0.3, -0.25) is 4.79 Å². The number of rotatable bonds is 5. The third kappa shape index (κ3) is 3.89. The Hall–Kier alpha value is -1.71. The zero-order valence-corrected chi connectivity index (χ0v) is 12.3. The van der Waals surface area contributed by atoms with E-state index in [-0.39, 0.29) is 12.5 Å². The number of hydrogen-bond donors (Lipinski definition) is 2. The van der Waals surface area contributed by atoms with Gasteiger partial charge in [0.1, 0.15) is 5.75 Å². The van der Waals surface area contributed by atoms with Crippen molar-refractivity contribution in [2.45, 2.75) is 38.6 Å². The van der Waals surface area contributed by atoms with Crippen LogP contribution in [0.5, 0.6) is 5.75 Å². The van der Waals surface area contributed by atoms with Gasteiger partial charge in [0.05, 0.1) is 19.3 Å². The van der Waals surface area contributed by atoms with E-state index in [1.807, 2.05) is 24.3 Å². The van der Waals surface area contributed by atoms with E-state index in [0.717, 1.165) is 17.9 Å². The molecule has 1 fully saturated rings. The number of methoxy groups -OCH3 is 1. The summed E-state index contributed by atoms with van der Waals surface area (Å²) in [5.74, 6) is 1.39. The van der Waals surface area contributed by atoms with Gasteiger partial charge in [0, 0.05) is 6.04 Å². The monoisotopic (exact) mass is 276 g/mol. The highest BCUT2D eigenvalue weighted by Crippen LogP contribution is 2.24. The van der Waals surface area contributed by atoms with E-state index in [0.29, 0.717) is 12.0 Å². The van der Waals surface area contributed by atoms with Crippen LogP contribution >= 0.6 is 0 Å². The number of ether oxygens (including phenoxy) is 1. The van der Waals surface area contributed by atoms with Crippen LogP contribution in [0.15, 0.2) is 24.3 Å². The van der Waals surface area contributed by atoms with E-state index < -0.39 is 0 Å². The molecule has 0 aliphatic heterocycles. The average Bonchev–Trinajstić information content (AvgIpc) is 2.48. The fourth-order valence-electron chi connectivity index (χ4n) is 2.75. The molecule has 4 nitrogen and oxygen atoms in total. The van der Waals surface area contributed by atoms with Crippen molar-refractivity contribution >= 4 is 11.6 Å². The van der Waals surface area contributed by atoms with Gasteiger partial charge in [0.25, 0.3) is 0 Å². The molecule has 0 spiro atoms.